The number of amides is 1. The molecule has 1 N–H and O–H groups in total. The Morgan fingerprint density at radius 2 is 1.60 bits per heavy atom. The molecule has 128 valence electrons. The van der Waals surface area contributed by atoms with Crippen LogP contribution < -0.4 is 5.32 Å². The van der Waals surface area contributed by atoms with Crippen molar-refractivity contribution in [2.45, 2.75) is 24.4 Å². The Kier molecular flexibility index (Phi) is 3.89. The van der Waals surface area contributed by atoms with Gasteiger partial charge in [-0.15, -0.1) is 0 Å². The van der Waals surface area contributed by atoms with Crippen molar-refractivity contribution in [3.8, 4) is 0 Å². The quantitative estimate of drug-likeness (QED) is 0.871. The summed E-state index contributed by atoms with van der Waals surface area (Å²) in [6.45, 7) is 0. The second kappa shape index (κ2) is 6.22. The van der Waals surface area contributed by atoms with E-state index in [9.17, 15) is 9.59 Å². The molecular formula is C19H17NO5. The molecule has 0 aromatic heterocycles. The lowest BCUT2D eigenvalue weighted by molar-refractivity contribution is -0.00377. The molecule has 2 aromatic carbocycles. The third-order valence-electron chi connectivity index (χ3n) is 4.60. The Bertz CT molecular complexity index is 806. The number of ether oxygens (including phenoxy) is 3. The topological polar surface area (TPSA) is 73.9 Å². The lowest BCUT2D eigenvalue weighted by atomic mass is 9.86. The number of rotatable bonds is 3. The van der Waals surface area contributed by atoms with Gasteiger partial charge in [-0.05, 0) is 23.3 Å². The van der Waals surface area contributed by atoms with Gasteiger partial charge >= 0.3 is 12.1 Å². The van der Waals surface area contributed by atoms with Crippen molar-refractivity contribution in [3.63, 3.8) is 0 Å². The first-order valence-electron chi connectivity index (χ1n) is 8.04. The third-order valence-corrected chi connectivity index (χ3v) is 4.60. The van der Waals surface area contributed by atoms with Crippen LogP contribution in [0.3, 0.4) is 0 Å². The summed E-state index contributed by atoms with van der Waals surface area (Å²) in [5.41, 5.74) is 2.44. The molecule has 0 spiro atoms. The number of alkyl carbamates (subject to hydrolysis) is 1. The average Bonchev–Trinajstić information content (AvgIpc) is 3.20. The molecule has 1 saturated heterocycles. The van der Waals surface area contributed by atoms with E-state index in [-0.39, 0.29) is 6.10 Å². The van der Waals surface area contributed by atoms with Gasteiger partial charge in [0.25, 0.3) is 0 Å². The van der Waals surface area contributed by atoms with Crippen molar-refractivity contribution in [2.75, 3.05) is 7.11 Å². The number of methoxy groups -OCH3 is 1. The summed E-state index contributed by atoms with van der Waals surface area (Å²) in [5, 5.41) is 2.74. The number of esters is 1. The van der Waals surface area contributed by atoms with E-state index in [1.54, 1.807) is 24.3 Å². The summed E-state index contributed by atoms with van der Waals surface area (Å²) in [5.74, 6) is -0.448. The van der Waals surface area contributed by atoms with Crippen LogP contribution in [0, 0.1) is 0 Å². The molecule has 2 bridgehead atoms. The third kappa shape index (κ3) is 2.64. The van der Waals surface area contributed by atoms with E-state index in [1.807, 2.05) is 30.3 Å². The highest BCUT2D eigenvalue weighted by molar-refractivity contribution is 5.89. The van der Waals surface area contributed by atoms with Gasteiger partial charge in [-0.3, -0.25) is 0 Å². The largest absolute Gasteiger partial charge is 0.453 e. The molecular weight excluding hydrogens is 322 g/mol. The molecule has 2 aliphatic rings. The normalized spacial score (nSPS) is 26.0. The van der Waals surface area contributed by atoms with Gasteiger partial charge in [0.15, 0.2) is 6.10 Å². The monoisotopic (exact) mass is 339 g/mol. The summed E-state index contributed by atoms with van der Waals surface area (Å²) in [7, 11) is 1.29. The summed E-state index contributed by atoms with van der Waals surface area (Å²) in [4.78, 5) is 24.2. The molecule has 2 aromatic rings. The van der Waals surface area contributed by atoms with E-state index in [0.717, 1.165) is 11.1 Å². The van der Waals surface area contributed by atoms with Crippen LogP contribution >= 0.6 is 0 Å². The second-order valence-electron chi connectivity index (χ2n) is 6.00. The highest BCUT2D eigenvalue weighted by atomic mass is 16.6. The fourth-order valence-electron chi connectivity index (χ4n) is 3.48. The van der Waals surface area contributed by atoms with Crippen molar-refractivity contribution in [2.24, 2.45) is 0 Å². The zero-order chi connectivity index (χ0) is 17.4. The molecule has 6 heteroatoms. The number of carbonyl (C=O) groups excluding carboxylic acids is 2. The van der Waals surface area contributed by atoms with Crippen LogP contribution in [0.2, 0.25) is 0 Å². The van der Waals surface area contributed by atoms with Gasteiger partial charge in [-0.1, -0.05) is 42.5 Å². The van der Waals surface area contributed by atoms with Crippen molar-refractivity contribution in [1.82, 2.24) is 5.32 Å². The Morgan fingerprint density at radius 3 is 2.28 bits per heavy atom. The Labute approximate surface area is 144 Å². The first-order valence-corrected chi connectivity index (χ1v) is 8.04. The highest BCUT2D eigenvalue weighted by Gasteiger charge is 2.55. The van der Waals surface area contributed by atoms with Crippen molar-refractivity contribution in [1.29, 1.82) is 0 Å². The Balaban J connectivity index is 1.63. The number of benzene rings is 2. The molecule has 0 aliphatic carbocycles. The van der Waals surface area contributed by atoms with Gasteiger partial charge < -0.3 is 19.5 Å². The van der Waals surface area contributed by atoms with E-state index in [0.29, 0.717) is 5.56 Å². The number of hydrogen-bond acceptors (Lipinski definition) is 5. The van der Waals surface area contributed by atoms with Crippen LogP contribution in [-0.2, 0) is 14.2 Å². The molecule has 1 amide bonds. The Morgan fingerprint density at radius 1 is 0.960 bits per heavy atom. The molecule has 0 radical (unpaired) electrons. The number of hydrogen-bond donors (Lipinski definition) is 1. The minimum absolute atomic E-state index is 0.367. The van der Waals surface area contributed by atoms with Gasteiger partial charge in [0.1, 0.15) is 18.2 Å². The molecule has 6 nitrogen and oxygen atoms in total. The van der Waals surface area contributed by atoms with Crippen LogP contribution in [-0.4, -0.2) is 31.3 Å². The molecule has 4 rings (SSSR count). The zero-order valence-corrected chi connectivity index (χ0v) is 13.5. The average molecular weight is 339 g/mol. The molecule has 1 fully saturated rings. The van der Waals surface area contributed by atoms with Gasteiger partial charge in [0, 0.05) is 0 Å². The summed E-state index contributed by atoms with van der Waals surface area (Å²) >= 11 is 0. The minimum Gasteiger partial charge on any atom is -0.453 e. The van der Waals surface area contributed by atoms with Crippen molar-refractivity contribution >= 4 is 12.1 Å². The van der Waals surface area contributed by atoms with Crippen LogP contribution in [0.4, 0.5) is 4.79 Å². The van der Waals surface area contributed by atoms with Crippen LogP contribution in [0.1, 0.15) is 33.7 Å². The maximum atomic E-state index is 12.5. The van der Waals surface area contributed by atoms with E-state index < -0.39 is 30.3 Å². The lowest BCUT2D eigenvalue weighted by Crippen LogP contribution is -2.47. The first kappa shape index (κ1) is 15.7. The molecule has 0 saturated carbocycles. The summed E-state index contributed by atoms with van der Waals surface area (Å²) in [6, 6.07) is 16.0. The second-order valence-corrected chi connectivity index (χ2v) is 6.00. The predicted molar refractivity (Wildman–Crippen MR) is 88.0 cm³/mol. The summed E-state index contributed by atoms with van der Waals surface area (Å²) < 4.78 is 16.4. The van der Waals surface area contributed by atoms with Gasteiger partial charge in [-0.25, -0.2) is 9.59 Å². The van der Waals surface area contributed by atoms with Crippen molar-refractivity contribution < 1.29 is 23.8 Å². The van der Waals surface area contributed by atoms with E-state index in [1.165, 1.54) is 7.11 Å². The predicted octanol–water partition coefficient (Wildman–Crippen LogP) is 2.76. The molecule has 0 unspecified atom stereocenters. The van der Waals surface area contributed by atoms with Crippen LogP contribution in [0.15, 0.2) is 54.6 Å². The fourth-order valence-corrected chi connectivity index (χ4v) is 3.48. The zero-order valence-electron chi connectivity index (χ0n) is 13.5. The first-order chi connectivity index (χ1) is 12.2. The summed E-state index contributed by atoms with van der Waals surface area (Å²) in [6.07, 6.45) is -1.98. The van der Waals surface area contributed by atoms with Gasteiger partial charge in [-0.2, -0.15) is 0 Å². The van der Waals surface area contributed by atoms with Crippen LogP contribution in [0.5, 0.6) is 0 Å². The van der Waals surface area contributed by atoms with E-state index >= 15 is 0 Å². The van der Waals surface area contributed by atoms with E-state index in [2.05, 4.69) is 5.32 Å². The van der Waals surface area contributed by atoms with Crippen LogP contribution in [0.25, 0.3) is 0 Å². The molecule has 2 heterocycles. The molecule has 2 aliphatic heterocycles. The highest BCUT2D eigenvalue weighted by Crippen LogP contribution is 2.51. The smallest absolute Gasteiger partial charge is 0.407 e. The fraction of sp³-hybridized carbons (Fsp3) is 0.263. The minimum atomic E-state index is -0.619. The van der Waals surface area contributed by atoms with Gasteiger partial charge in [0.2, 0.25) is 0 Å². The molecule has 25 heavy (non-hydrogen) atoms. The maximum absolute atomic E-state index is 12.5. The maximum Gasteiger partial charge on any atom is 0.407 e. The van der Waals surface area contributed by atoms with E-state index in [4.69, 9.17) is 14.2 Å². The standard InChI is InChI=1S/C19H17NO5/c1-23-19(22)20-14-15-12-9-5-6-10-13(12)16(24-15)17(14)25-18(21)11-7-3-2-4-8-11/h2-10,14-17H,1H3,(H,20,22)/t14-,15+,16-,17+/m1/s1. The molecule has 4 atom stereocenters. The van der Waals surface area contributed by atoms with Gasteiger partial charge in [0.05, 0.1) is 12.7 Å². The number of carbonyl (C=O) groups is 2. The Hall–Kier alpha value is -2.86. The number of fused-ring (bicyclic) bond motifs is 5. The SMILES string of the molecule is COC(=O)N[C@H]1[C@H](OC(=O)c2ccccc2)[C@@H]2O[C@H]1c1ccccc12. The lowest BCUT2D eigenvalue weighted by Gasteiger charge is -2.29. The number of nitrogens with one attached hydrogen (secondary N) is 1. The van der Waals surface area contributed by atoms with Crippen molar-refractivity contribution in [3.05, 3.63) is 71.3 Å².